The van der Waals surface area contributed by atoms with Crippen LogP contribution in [0.5, 0.6) is 0 Å². The molecule has 0 unspecified atom stereocenters. The number of halogens is 1. The third-order valence-corrected chi connectivity index (χ3v) is 3.65. The van der Waals surface area contributed by atoms with E-state index in [9.17, 15) is 0 Å². The molecule has 0 aliphatic rings. The molecule has 0 aromatic heterocycles. The van der Waals surface area contributed by atoms with Crippen LogP contribution in [0.3, 0.4) is 0 Å². The Labute approximate surface area is 143 Å². The second-order valence-corrected chi connectivity index (χ2v) is 5.46. The normalized spacial score (nSPS) is 9.78. The van der Waals surface area contributed by atoms with Gasteiger partial charge >= 0.3 is 0 Å². The highest BCUT2D eigenvalue weighted by molar-refractivity contribution is 6.17. The van der Waals surface area contributed by atoms with E-state index in [4.69, 9.17) is 11.6 Å². The molecule has 0 aliphatic carbocycles. The van der Waals surface area contributed by atoms with Gasteiger partial charge < -0.3 is 5.32 Å². The van der Waals surface area contributed by atoms with Gasteiger partial charge in [0.15, 0.2) is 0 Å². The monoisotopic (exact) mass is 323 g/mol. The van der Waals surface area contributed by atoms with Crippen LogP contribution >= 0.6 is 11.6 Å². The average Bonchev–Trinajstić information content (AvgIpc) is 2.65. The molecule has 0 aliphatic heterocycles. The van der Waals surface area contributed by atoms with Gasteiger partial charge in [-0.25, -0.2) is 0 Å². The fourth-order valence-corrected chi connectivity index (χ4v) is 2.29. The van der Waals surface area contributed by atoms with Crippen molar-refractivity contribution < 1.29 is 0 Å². The molecule has 0 bridgehead atoms. The van der Waals surface area contributed by atoms with Gasteiger partial charge in [0, 0.05) is 19.0 Å². The molecule has 0 heterocycles. The molecule has 0 amide bonds. The first-order valence-corrected chi connectivity index (χ1v) is 8.30. The van der Waals surface area contributed by atoms with E-state index < -0.39 is 0 Å². The molecule has 0 spiro atoms. The van der Waals surface area contributed by atoms with Crippen molar-refractivity contribution in [2.75, 3.05) is 0 Å². The molecule has 118 valence electrons. The van der Waals surface area contributed by atoms with Crippen molar-refractivity contribution in [2.24, 2.45) is 0 Å². The third kappa shape index (κ3) is 7.14. The van der Waals surface area contributed by atoms with Gasteiger partial charge in [0.05, 0.1) is 0 Å². The Morgan fingerprint density at radius 3 is 1.17 bits per heavy atom. The van der Waals surface area contributed by atoms with Crippen LogP contribution in [0.1, 0.15) is 16.7 Å². The van der Waals surface area contributed by atoms with Gasteiger partial charge in [-0.2, -0.15) is 0 Å². The lowest BCUT2D eigenvalue weighted by atomic mass is 10.2. The van der Waals surface area contributed by atoms with E-state index in [1.165, 1.54) is 16.7 Å². The van der Waals surface area contributed by atoms with E-state index in [-0.39, 0.29) is 0 Å². The molecule has 3 aromatic carbocycles. The minimum absolute atomic E-state index is 0.612. The standard InChI is InChI=1S/C14H15N.C7H7Cl/c1-3-7-13(8-4-1)11-15-12-14-9-5-2-6-10-14;8-6-7-4-2-1-3-5-7/h1-10,15H,11-12H2;1-5H,6H2. The number of rotatable bonds is 5. The summed E-state index contributed by atoms with van der Waals surface area (Å²) < 4.78 is 0. The molecule has 3 aromatic rings. The number of nitrogens with one attached hydrogen (secondary N) is 1. The molecule has 0 saturated heterocycles. The summed E-state index contributed by atoms with van der Waals surface area (Å²) in [5.41, 5.74) is 3.83. The summed E-state index contributed by atoms with van der Waals surface area (Å²) in [4.78, 5) is 0. The second kappa shape index (κ2) is 10.6. The van der Waals surface area contributed by atoms with Crippen LogP contribution in [0.4, 0.5) is 0 Å². The summed E-state index contributed by atoms with van der Waals surface area (Å²) in [6.07, 6.45) is 0. The molecule has 2 heteroatoms. The van der Waals surface area contributed by atoms with Crippen LogP contribution in [0.15, 0.2) is 91.0 Å². The zero-order chi connectivity index (χ0) is 16.2. The van der Waals surface area contributed by atoms with Crippen molar-refractivity contribution in [3.8, 4) is 0 Å². The fraction of sp³-hybridized carbons (Fsp3) is 0.143. The zero-order valence-electron chi connectivity index (χ0n) is 13.2. The number of hydrogen-bond acceptors (Lipinski definition) is 1. The Kier molecular flexibility index (Phi) is 7.96. The lowest BCUT2D eigenvalue weighted by Crippen LogP contribution is -2.12. The Morgan fingerprint density at radius 2 is 0.870 bits per heavy atom. The van der Waals surface area contributed by atoms with Crippen molar-refractivity contribution >= 4 is 11.6 Å². The van der Waals surface area contributed by atoms with Crippen LogP contribution in [0, 0.1) is 0 Å². The minimum Gasteiger partial charge on any atom is -0.309 e. The van der Waals surface area contributed by atoms with Crippen LogP contribution in [-0.2, 0) is 19.0 Å². The van der Waals surface area contributed by atoms with Crippen molar-refractivity contribution in [2.45, 2.75) is 19.0 Å². The van der Waals surface area contributed by atoms with E-state index in [0.717, 1.165) is 13.1 Å². The van der Waals surface area contributed by atoms with Gasteiger partial charge in [-0.3, -0.25) is 0 Å². The molecule has 1 nitrogen and oxygen atoms in total. The Morgan fingerprint density at radius 1 is 0.522 bits per heavy atom. The van der Waals surface area contributed by atoms with Gasteiger partial charge in [-0.05, 0) is 16.7 Å². The topological polar surface area (TPSA) is 12.0 Å². The van der Waals surface area contributed by atoms with Crippen LogP contribution in [-0.4, -0.2) is 0 Å². The van der Waals surface area contributed by atoms with E-state index >= 15 is 0 Å². The van der Waals surface area contributed by atoms with Gasteiger partial charge in [0.25, 0.3) is 0 Å². The first-order valence-electron chi connectivity index (χ1n) is 7.77. The SMILES string of the molecule is ClCc1ccccc1.c1ccc(CNCc2ccccc2)cc1. The van der Waals surface area contributed by atoms with Crippen molar-refractivity contribution in [3.05, 3.63) is 108 Å². The van der Waals surface area contributed by atoms with Gasteiger partial charge in [-0.15, -0.1) is 11.6 Å². The highest BCUT2D eigenvalue weighted by Gasteiger charge is 1.92. The van der Waals surface area contributed by atoms with E-state index in [0.29, 0.717) is 5.88 Å². The third-order valence-electron chi connectivity index (χ3n) is 3.34. The van der Waals surface area contributed by atoms with Crippen LogP contribution < -0.4 is 5.32 Å². The Bertz CT molecular complexity index is 599. The first kappa shape index (κ1) is 17.3. The fourth-order valence-electron chi connectivity index (χ4n) is 2.11. The summed E-state index contributed by atoms with van der Waals surface area (Å²) in [6.45, 7) is 1.85. The number of hydrogen-bond donors (Lipinski definition) is 1. The molecule has 3 rings (SSSR count). The quantitative estimate of drug-likeness (QED) is 0.620. The van der Waals surface area contributed by atoms with Crippen molar-refractivity contribution in [1.82, 2.24) is 5.32 Å². The molecular formula is C21H22ClN. The maximum Gasteiger partial charge on any atom is 0.0474 e. The average molecular weight is 324 g/mol. The predicted octanol–water partition coefficient (Wildman–Crippen LogP) is 5.40. The zero-order valence-corrected chi connectivity index (χ0v) is 13.9. The van der Waals surface area contributed by atoms with Crippen molar-refractivity contribution in [1.29, 1.82) is 0 Å². The van der Waals surface area contributed by atoms with E-state index in [1.807, 2.05) is 42.5 Å². The largest absolute Gasteiger partial charge is 0.309 e. The molecule has 0 fully saturated rings. The van der Waals surface area contributed by atoms with Crippen LogP contribution in [0.25, 0.3) is 0 Å². The smallest absolute Gasteiger partial charge is 0.0474 e. The molecule has 0 atom stereocenters. The summed E-state index contributed by atoms with van der Waals surface area (Å²) in [7, 11) is 0. The lowest BCUT2D eigenvalue weighted by molar-refractivity contribution is 0.693. The van der Waals surface area contributed by atoms with E-state index in [1.54, 1.807) is 0 Å². The molecule has 0 saturated carbocycles. The minimum atomic E-state index is 0.612. The molecule has 0 radical (unpaired) electrons. The van der Waals surface area contributed by atoms with E-state index in [2.05, 4.69) is 53.8 Å². The van der Waals surface area contributed by atoms with Gasteiger partial charge in [0.1, 0.15) is 0 Å². The Balaban J connectivity index is 0.000000203. The first-order chi connectivity index (χ1) is 11.4. The number of benzene rings is 3. The highest BCUT2D eigenvalue weighted by Crippen LogP contribution is 2.01. The summed E-state index contributed by atoms with van der Waals surface area (Å²) in [6, 6.07) is 30.9. The highest BCUT2D eigenvalue weighted by atomic mass is 35.5. The maximum atomic E-state index is 5.53. The van der Waals surface area contributed by atoms with Gasteiger partial charge in [-0.1, -0.05) is 91.0 Å². The Hall–Kier alpha value is -2.09. The van der Waals surface area contributed by atoms with Gasteiger partial charge in [0.2, 0.25) is 0 Å². The lowest BCUT2D eigenvalue weighted by Gasteiger charge is -2.04. The summed E-state index contributed by atoms with van der Waals surface area (Å²) >= 11 is 5.53. The molecule has 23 heavy (non-hydrogen) atoms. The molecule has 1 N–H and O–H groups in total. The predicted molar refractivity (Wildman–Crippen MR) is 99.4 cm³/mol. The van der Waals surface area contributed by atoms with Crippen LogP contribution in [0.2, 0.25) is 0 Å². The van der Waals surface area contributed by atoms with Crippen molar-refractivity contribution in [3.63, 3.8) is 0 Å². The molecular weight excluding hydrogens is 302 g/mol. The number of alkyl halides is 1. The summed E-state index contributed by atoms with van der Waals surface area (Å²) in [5, 5.41) is 3.42. The second-order valence-electron chi connectivity index (χ2n) is 5.19. The maximum absolute atomic E-state index is 5.53. The summed E-state index contributed by atoms with van der Waals surface area (Å²) in [5.74, 6) is 0.612.